The Balaban J connectivity index is 0.742. The number of hydrogen-bond acceptors (Lipinski definition) is 14. The molecule has 4 aromatic carbocycles. The number of methoxy groups -OCH3 is 2. The Morgan fingerprint density at radius 1 is 0.648 bits per heavy atom. The quantitative estimate of drug-likeness (QED) is 0.0338. The first-order chi connectivity index (χ1) is 41.9. The van der Waals surface area contributed by atoms with Gasteiger partial charge in [-0.2, -0.15) is 0 Å². The molecule has 0 aromatic heterocycles. The van der Waals surface area contributed by atoms with E-state index >= 15 is 0 Å². The number of carboxylic acid groups (broad SMARTS) is 1. The molecule has 5 aliphatic heterocycles. The Morgan fingerprint density at radius 3 is 1.62 bits per heavy atom. The van der Waals surface area contributed by atoms with Gasteiger partial charge in [-0.25, -0.2) is 4.79 Å². The van der Waals surface area contributed by atoms with E-state index in [0.29, 0.717) is 97.2 Å². The molecule has 0 spiro atoms. The molecular weight excluding hydrogens is 1120 g/mol. The van der Waals surface area contributed by atoms with Crippen molar-refractivity contribution in [2.45, 2.75) is 124 Å². The van der Waals surface area contributed by atoms with E-state index in [2.05, 4.69) is 43.6 Å². The van der Waals surface area contributed by atoms with E-state index in [9.17, 15) is 43.5 Å². The van der Waals surface area contributed by atoms with Gasteiger partial charge in [0.05, 0.1) is 67.6 Å². The number of hydrogen-bond donors (Lipinski definition) is 4. The van der Waals surface area contributed by atoms with Gasteiger partial charge in [0.1, 0.15) is 12.1 Å². The first-order valence-electron chi connectivity index (χ1n) is 29.6. The molecule has 0 fully saturated rings. The summed E-state index contributed by atoms with van der Waals surface area (Å²) in [4.78, 5) is 116. The molecule has 5 heterocycles. The van der Waals surface area contributed by atoms with Gasteiger partial charge < -0.3 is 49.8 Å². The van der Waals surface area contributed by atoms with Crippen LogP contribution in [-0.2, 0) is 30.5 Å². The number of rotatable bonds is 26. The summed E-state index contributed by atoms with van der Waals surface area (Å²) >= 11 is 0. The normalized spacial score (nSPS) is 17.5. The summed E-state index contributed by atoms with van der Waals surface area (Å²) in [7, 11) is 3.06. The molecule has 0 radical (unpaired) electrons. The van der Waals surface area contributed by atoms with E-state index in [-0.39, 0.29) is 83.4 Å². The third kappa shape index (κ3) is 14.7. The van der Waals surface area contributed by atoms with Gasteiger partial charge in [-0.3, -0.25) is 48.4 Å². The zero-order chi connectivity index (χ0) is 63.2. The van der Waals surface area contributed by atoms with Crippen molar-refractivity contribution in [3.63, 3.8) is 0 Å². The minimum Gasteiger partial charge on any atom is -0.493 e. The largest absolute Gasteiger partial charge is 0.493 e. The predicted molar refractivity (Wildman–Crippen MR) is 331 cm³/mol. The topological polar surface area (TPSA) is 264 Å². The van der Waals surface area contributed by atoms with Crippen LogP contribution in [0.1, 0.15) is 141 Å². The number of benzene rings is 4. The van der Waals surface area contributed by atoms with Gasteiger partial charge in [-0.1, -0.05) is 84.4 Å². The minimum atomic E-state index is -1.01. The third-order valence-electron chi connectivity index (χ3n) is 16.1. The number of nitrogens with zero attached hydrogens (tertiary/aromatic N) is 5. The molecule has 9 rings (SSSR count). The number of amides is 7. The van der Waals surface area contributed by atoms with Crippen LogP contribution in [0.15, 0.2) is 107 Å². The highest BCUT2D eigenvalue weighted by molar-refractivity contribution is 6.13. The number of carbonyl (C=O) groups is 8. The molecule has 4 N–H and O–H groups in total. The molecule has 0 bridgehead atoms. The van der Waals surface area contributed by atoms with Crippen molar-refractivity contribution in [2.24, 2.45) is 26.7 Å². The number of fused-ring (bicyclic) bond motifs is 4. The van der Waals surface area contributed by atoms with Crippen molar-refractivity contribution in [1.82, 2.24) is 30.7 Å². The molecule has 4 aromatic rings. The molecule has 21 heteroatoms. The number of aromatic carboxylic acids is 1. The molecule has 1 unspecified atom stereocenters. The van der Waals surface area contributed by atoms with Crippen LogP contribution in [0.4, 0.5) is 11.4 Å². The molecule has 4 atom stereocenters. The molecule has 0 aliphatic carbocycles. The predicted octanol–water partition coefficient (Wildman–Crippen LogP) is 8.99. The second-order valence-corrected chi connectivity index (χ2v) is 24.7. The van der Waals surface area contributed by atoms with Crippen LogP contribution in [-0.4, -0.2) is 138 Å². The van der Waals surface area contributed by atoms with E-state index in [0.717, 1.165) is 27.8 Å². The number of nitrogens with one attached hydrogen (secondary N) is 3. The van der Waals surface area contributed by atoms with E-state index in [4.69, 9.17) is 28.9 Å². The zero-order valence-corrected chi connectivity index (χ0v) is 51.1. The van der Waals surface area contributed by atoms with E-state index < -0.39 is 29.9 Å². The average Bonchev–Trinajstić information content (AvgIpc) is 2.66. The fourth-order valence-corrected chi connectivity index (χ4v) is 11.6. The summed E-state index contributed by atoms with van der Waals surface area (Å²) < 4.78 is 24.5. The first-order valence-corrected chi connectivity index (χ1v) is 29.6. The monoisotopic (exact) mass is 1200 g/mol. The highest BCUT2D eigenvalue weighted by Crippen LogP contribution is 2.44. The van der Waals surface area contributed by atoms with Crippen molar-refractivity contribution in [2.75, 3.05) is 34.0 Å². The number of imide groups is 1. The number of ether oxygens (including phenoxy) is 4. The molecule has 0 saturated heterocycles. The van der Waals surface area contributed by atoms with E-state index in [1.807, 2.05) is 30.5 Å². The second-order valence-electron chi connectivity index (χ2n) is 24.7. The fraction of sp³-hybridized carbons (Fsp3) is 0.403. The van der Waals surface area contributed by atoms with Gasteiger partial charge in [0.15, 0.2) is 23.0 Å². The van der Waals surface area contributed by atoms with Crippen molar-refractivity contribution in [1.29, 1.82) is 0 Å². The van der Waals surface area contributed by atoms with Gasteiger partial charge in [-0.15, -0.1) is 0 Å². The van der Waals surface area contributed by atoms with Crippen LogP contribution in [0.2, 0.25) is 0 Å². The molecular formula is C67H76N8O13. The molecule has 0 saturated carbocycles. The number of carboxylic acids is 1. The van der Waals surface area contributed by atoms with Crippen LogP contribution in [0, 0.1) is 16.7 Å². The Morgan fingerprint density at radius 2 is 1.15 bits per heavy atom. The van der Waals surface area contributed by atoms with Crippen molar-refractivity contribution in [3.8, 4) is 23.0 Å². The maximum atomic E-state index is 14.3. The second kappa shape index (κ2) is 26.7. The van der Waals surface area contributed by atoms with Crippen molar-refractivity contribution < 1.29 is 62.4 Å². The molecule has 88 heavy (non-hydrogen) atoms. The lowest BCUT2D eigenvalue weighted by Crippen LogP contribution is -2.54. The van der Waals surface area contributed by atoms with Gasteiger partial charge in [-0.05, 0) is 95.0 Å². The Hall–Kier alpha value is -9.40. The fourth-order valence-electron chi connectivity index (χ4n) is 11.6. The van der Waals surface area contributed by atoms with Gasteiger partial charge in [0.25, 0.3) is 23.6 Å². The Labute approximate surface area is 511 Å². The number of carbonyl (C=O) groups excluding carboxylic acids is 7. The summed E-state index contributed by atoms with van der Waals surface area (Å²) in [6.07, 6.45) is 13.2. The number of unbranched alkanes of at least 4 members (excludes halogenated alkanes) is 2. The summed E-state index contributed by atoms with van der Waals surface area (Å²) in [6.45, 7) is 14.7. The third-order valence-corrected chi connectivity index (χ3v) is 16.1. The Kier molecular flexibility index (Phi) is 19.1. The maximum Gasteiger partial charge on any atom is 0.335 e. The highest BCUT2D eigenvalue weighted by atomic mass is 16.5. The van der Waals surface area contributed by atoms with Crippen molar-refractivity contribution in [3.05, 3.63) is 131 Å². The van der Waals surface area contributed by atoms with Crippen LogP contribution >= 0.6 is 0 Å². The summed E-state index contributed by atoms with van der Waals surface area (Å²) in [5, 5.41) is 17.7. The molecule has 21 nitrogen and oxygen atoms in total. The standard InChI is InChI=1S/C67H76N8O13/c1-39(2)60(72-57(76)13-11-10-12-24-73-58(77)22-23-59(73)78)62(80)71-40(3)61(79)70-31-41-14-16-42(17-15-41)45-25-47-32-68-51-29-55(53(85-8)27-49(51)63(81)74(47)34-45)87-37-66(4,5)36-67(6,7)38-88-56-30-52-50(28-54(56)86-9)64(82)75-35-46(26-48(75)33-69-52)43-18-20-44(21-19-43)65(83)84/h14-23,27-30,32-35,39-40,47-48,60H,10-13,24-26,31,36-38H2,1-9H3,(H,70,79)(H,71,80)(H,72,76)(H,83,84)/t40-,47-,48-,60?/m0/s1. The Bertz CT molecular complexity index is 3550. The lowest BCUT2D eigenvalue weighted by atomic mass is 9.76. The first kappa shape index (κ1) is 63.1. The van der Waals surface area contributed by atoms with E-state index in [1.165, 1.54) is 31.3 Å². The zero-order valence-electron chi connectivity index (χ0n) is 51.1. The summed E-state index contributed by atoms with van der Waals surface area (Å²) in [6, 6.07) is 18.7. The van der Waals surface area contributed by atoms with Crippen LogP contribution < -0.4 is 34.9 Å². The van der Waals surface area contributed by atoms with Crippen LogP contribution in [0.5, 0.6) is 23.0 Å². The number of aliphatic imine (C=N–C) groups is 2. The maximum absolute atomic E-state index is 14.3. The molecule has 5 aliphatic rings. The van der Waals surface area contributed by atoms with Crippen LogP contribution in [0.25, 0.3) is 11.1 Å². The lowest BCUT2D eigenvalue weighted by Gasteiger charge is -2.35. The van der Waals surface area contributed by atoms with Crippen molar-refractivity contribution >= 4 is 82.3 Å². The minimum absolute atomic E-state index is 0.167. The summed E-state index contributed by atoms with van der Waals surface area (Å²) in [5.41, 5.74) is 5.47. The van der Waals surface area contributed by atoms with Gasteiger partial charge in [0, 0.05) is 81.5 Å². The SMILES string of the molecule is COc1cc2c(cc1OCC(C)(C)CC(C)(C)COc1cc3c(cc1OC)C(=O)N1C=C(c4ccc(C(=O)O)cc4)C[C@H]1C=N3)N=C[C@@H]1CC(c3ccc(CNC(=O)[C@H](C)NC(=O)C(NC(=O)CCCCCN4C(=O)C=CC4=O)C(C)C)cc3)=CN1C2=O. The smallest absolute Gasteiger partial charge is 0.335 e. The highest BCUT2D eigenvalue weighted by Gasteiger charge is 2.37. The van der Waals surface area contributed by atoms with Gasteiger partial charge >= 0.3 is 5.97 Å². The summed E-state index contributed by atoms with van der Waals surface area (Å²) in [5.74, 6) is -1.92. The van der Waals surface area contributed by atoms with Crippen LogP contribution in [0.3, 0.4) is 0 Å². The molecule has 7 amide bonds. The molecule has 462 valence electrons. The van der Waals surface area contributed by atoms with E-state index in [1.54, 1.807) is 97.7 Å². The van der Waals surface area contributed by atoms with Gasteiger partial charge in [0.2, 0.25) is 17.7 Å². The lowest BCUT2D eigenvalue weighted by molar-refractivity contribution is -0.137. The average molecular weight is 1200 g/mol.